The van der Waals surface area contributed by atoms with Crippen LogP contribution in [0, 0.1) is 6.92 Å². The smallest absolute Gasteiger partial charge is 0.265 e. The molecule has 1 atom stereocenters. The van der Waals surface area contributed by atoms with Gasteiger partial charge in [0.25, 0.3) is 5.91 Å². The van der Waals surface area contributed by atoms with E-state index in [4.69, 9.17) is 21.3 Å². The summed E-state index contributed by atoms with van der Waals surface area (Å²) < 4.78 is 6.82. The fraction of sp³-hybridized carbons (Fsp3) is 0.130. The van der Waals surface area contributed by atoms with Crippen LogP contribution < -0.4 is 10.1 Å². The lowest BCUT2D eigenvalue weighted by molar-refractivity contribution is -0.122. The predicted octanol–water partition coefficient (Wildman–Crippen LogP) is 6.33. The van der Waals surface area contributed by atoms with Crippen LogP contribution in [0.1, 0.15) is 12.5 Å². The Kier molecular flexibility index (Phi) is 5.51. The van der Waals surface area contributed by atoms with Crippen LogP contribution in [0.25, 0.3) is 20.8 Å². The third-order valence-electron chi connectivity index (χ3n) is 4.44. The summed E-state index contributed by atoms with van der Waals surface area (Å²) in [6.45, 7) is 3.77. The summed E-state index contributed by atoms with van der Waals surface area (Å²) in [4.78, 5) is 17.1. The van der Waals surface area contributed by atoms with Crippen LogP contribution in [-0.4, -0.2) is 17.0 Å². The number of aryl methyl sites for hydroxylation is 1. The standard InChI is InChI=1S/C23H19ClN2O2S/c1-14-3-12-21-20(13-14)26-23(29-21)16-4-8-18(9-5-16)25-22(27)15(2)28-19-10-6-17(24)7-11-19/h3-13,15H,1-2H3,(H,25,27)/t15-/m1/s1. The van der Waals surface area contributed by atoms with Crippen molar-refractivity contribution in [3.63, 3.8) is 0 Å². The van der Waals surface area contributed by atoms with Gasteiger partial charge in [0.15, 0.2) is 6.10 Å². The largest absolute Gasteiger partial charge is 0.481 e. The van der Waals surface area contributed by atoms with Gasteiger partial charge in [0, 0.05) is 16.3 Å². The minimum absolute atomic E-state index is 0.219. The zero-order chi connectivity index (χ0) is 20.4. The average Bonchev–Trinajstić information content (AvgIpc) is 3.13. The number of hydrogen-bond acceptors (Lipinski definition) is 4. The van der Waals surface area contributed by atoms with E-state index in [2.05, 4.69) is 30.4 Å². The number of hydrogen-bond donors (Lipinski definition) is 1. The molecule has 1 heterocycles. The minimum Gasteiger partial charge on any atom is -0.481 e. The quantitative estimate of drug-likeness (QED) is 0.408. The summed E-state index contributed by atoms with van der Waals surface area (Å²) >= 11 is 7.52. The first-order chi connectivity index (χ1) is 14.0. The maximum atomic E-state index is 12.4. The number of fused-ring (bicyclic) bond motifs is 1. The van der Waals surface area contributed by atoms with Crippen molar-refractivity contribution in [1.82, 2.24) is 4.98 Å². The molecule has 1 amide bonds. The highest BCUT2D eigenvalue weighted by Crippen LogP contribution is 2.31. The van der Waals surface area contributed by atoms with Gasteiger partial charge in [-0.25, -0.2) is 4.98 Å². The van der Waals surface area contributed by atoms with E-state index in [1.54, 1.807) is 42.5 Å². The van der Waals surface area contributed by atoms with Gasteiger partial charge in [-0.1, -0.05) is 17.7 Å². The van der Waals surface area contributed by atoms with Gasteiger partial charge in [0.2, 0.25) is 0 Å². The zero-order valence-corrected chi connectivity index (χ0v) is 17.6. The average molecular weight is 423 g/mol. The second-order valence-corrected chi connectivity index (χ2v) is 8.24. The first-order valence-corrected chi connectivity index (χ1v) is 10.4. The number of ether oxygens (including phenoxy) is 1. The summed E-state index contributed by atoms with van der Waals surface area (Å²) in [7, 11) is 0. The molecule has 0 fully saturated rings. The molecule has 0 aliphatic rings. The molecule has 0 aliphatic heterocycles. The van der Waals surface area contributed by atoms with Gasteiger partial charge in [-0.3, -0.25) is 4.79 Å². The van der Waals surface area contributed by atoms with Gasteiger partial charge in [-0.05, 0) is 80.1 Å². The van der Waals surface area contributed by atoms with Gasteiger partial charge in [-0.15, -0.1) is 11.3 Å². The number of benzene rings is 3. The van der Waals surface area contributed by atoms with Gasteiger partial charge in [0.1, 0.15) is 10.8 Å². The highest BCUT2D eigenvalue weighted by molar-refractivity contribution is 7.21. The molecule has 0 aliphatic carbocycles. The number of halogens is 1. The number of aromatic nitrogens is 1. The Morgan fingerprint density at radius 2 is 1.79 bits per heavy atom. The molecule has 6 heteroatoms. The SMILES string of the molecule is Cc1ccc2sc(-c3ccc(NC(=O)[C@@H](C)Oc4ccc(Cl)cc4)cc3)nc2c1. The molecule has 4 aromatic rings. The molecule has 0 radical (unpaired) electrons. The maximum Gasteiger partial charge on any atom is 0.265 e. The third-order valence-corrected chi connectivity index (χ3v) is 5.78. The molecule has 1 N–H and O–H groups in total. The molecule has 4 nitrogen and oxygen atoms in total. The molecule has 146 valence electrons. The number of carbonyl (C=O) groups is 1. The van der Waals surface area contributed by atoms with E-state index in [0.29, 0.717) is 16.5 Å². The lowest BCUT2D eigenvalue weighted by Gasteiger charge is -2.15. The third kappa shape index (κ3) is 4.58. The number of rotatable bonds is 5. The van der Waals surface area contributed by atoms with Crippen LogP contribution in [0.5, 0.6) is 5.75 Å². The van der Waals surface area contributed by atoms with Crippen LogP contribution in [0.15, 0.2) is 66.7 Å². The van der Waals surface area contributed by atoms with Crippen molar-refractivity contribution < 1.29 is 9.53 Å². The highest BCUT2D eigenvalue weighted by Gasteiger charge is 2.15. The molecule has 0 saturated heterocycles. The Hall–Kier alpha value is -2.89. The summed E-state index contributed by atoms with van der Waals surface area (Å²) in [5.74, 6) is 0.377. The second kappa shape index (κ2) is 8.23. The van der Waals surface area contributed by atoms with Gasteiger partial charge in [0.05, 0.1) is 10.2 Å². The topological polar surface area (TPSA) is 51.2 Å². The fourth-order valence-electron chi connectivity index (χ4n) is 2.87. The van der Waals surface area contributed by atoms with Gasteiger partial charge < -0.3 is 10.1 Å². The number of anilines is 1. The highest BCUT2D eigenvalue weighted by atomic mass is 35.5. The van der Waals surface area contributed by atoms with E-state index < -0.39 is 6.10 Å². The van der Waals surface area contributed by atoms with Crippen molar-refractivity contribution in [3.05, 3.63) is 77.3 Å². The molecule has 0 bridgehead atoms. The molecular formula is C23H19ClN2O2S. The van der Waals surface area contributed by atoms with Crippen molar-refractivity contribution in [1.29, 1.82) is 0 Å². The monoisotopic (exact) mass is 422 g/mol. The molecule has 1 aromatic heterocycles. The van der Waals surface area contributed by atoms with E-state index in [-0.39, 0.29) is 5.91 Å². The Bertz CT molecular complexity index is 1150. The van der Waals surface area contributed by atoms with Crippen molar-refractivity contribution in [3.8, 4) is 16.3 Å². The van der Waals surface area contributed by atoms with Crippen LogP contribution in [-0.2, 0) is 4.79 Å². The van der Waals surface area contributed by atoms with Crippen molar-refractivity contribution in [2.75, 3.05) is 5.32 Å². The van der Waals surface area contributed by atoms with Crippen LogP contribution in [0.3, 0.4) is 0 Å². The lowest BCUT2D eigenvalue weighted by atomic mass is 10.2. The number of nitrogens with zero attached hydrogens (tertiary/aromatic N) is 1. The second-order valence-electron chi connectivity index (χ2n) is 6.77. The summed E-state index contributed by atoms with van der Waals surface area (Å²) in [5.41, 5.74) is 3.94. The van der Waals surface area contributed by atoms with E-state index in [0.717, 1.165) is 20.8 Å². The minimum atomic E-state index is -0.636. The first-order valence-electron chi connectivity index (χ1n) is 9.19. The van der Waals surface area contributed by atoms with E-state index in [1.165, 1.54) is 5.56 Å². The summed E-state index contributed by atoms with van der Waals surface area (Å²) in [6.07, 6.45) is -0.636. The van der Waals surface area contributed by atoms with Crippen molar-refractivity contribution in [2.24, 2.45) is 0 Å². The first kappa shape index (κ1) is 19.4. The lowest BCUT2D eigenvalue weighted by Crippen LogP contribution is -2.30. The normalized spacial score (nSPS) is 12.0. The maximum absolute atomic E-state index is 12.4. The molecule has 29 heavy (non-hydrogen) atoms. The number of nitrogens with one attached hydrogen (secondary N) is 1. The molecule has 3 aromatic carbocycles. The van der Waals surface area contributed by atoms with E-state index in [9.17, 15) is 4.79 Å². The Morgan fingerprint density at radius 3 is 2.52 bits per heavy atom. The Morgan fingerprint density at radius 1 is 1.07 bits per heavy atom. The van der Waals surface area contributed by atoms with Gasteiger partial charge >= 0.3 is 0 Å². The van der Waals surface area contributed by atoms with Crippen LogP contribution in [0.2, 0.25) is 5.02 Å². The summed E-state index contributed by atoms with van der Waals surface area (Å²) in [6, 6.07) is 20.9. The summed E-state index contributed by atoms with van der Waals surface area (Å²) in [5, 5.41) is 4.46. The predicted molar refractivity (Wildman–Crippen MR) is 120 cm³/mol. The van der Waals surface area contributed by atoms with E-state index in [1.807, 2.05) is 24.3 Å². The van der Waals surface area contributed by atoms with E-state index >= 15 is 0 Å². The molecular weight excluding hydrogens is 404 g/mol. The van der Waals surface area contributed by atoms with Crippen molar-refractivity contribution >= 4 is 44.7 Å². The molecule has 0 unspecified atom stereocenters. The number of amides is 1. The number of carbonyl (C=O) groups excluding carboxylic acids is 1. The van der Waals surface area contributed by atoms with Crippen LogP contribution >= 0.6 is 22.9 Å². The molecule has 0 saturated carbocycles. The van der Waals surface area contributed by atoms with Crippen molar-refractivity contribution in [2.45, 2.75) is 20.0 Å². The Labute approximate surface area is 178 Å². The van der Waals surface area contributed by atoms with Crippen LogP contribution in [0.4, 0.5) is 5.69 Å². The fourth-order valence-corrected chi connectivity index (χ4v) is 3.95. The zero-order valence-electron chi connectivity index (χ0n) is 16.0. The molecule has 0 spiro atoms. The van der Waals surface area contributed by atoms with Gasteiger partial charge in [-0.2, -0.15) is 0 Å². The Balaban J connectivity index is 1.43. The molecule has 4 rings (SSSR count). The number of thiazole rings is 1.